The Labute approximate surface area is 116 Å². The summed E-state index contributed by atoms with van der Waals surface area (Å²) in [6.45, 7) is 0. The maximum absolute atomic E-state index is 11.9. The van der Waals surface area contributed by atoms with Gasteiger partial charge < -0.3 is 14.6 Å². The number of hydrogen-bond donors (Lipinski definition) is 1. The molecule has 2 aromatic rings. The lowest BCUT2D eigenvalue weighted by molar-refractivity contribution is -0.141. The fraction of sp³-hybridized carbons (Fsp3) is 0.231. The first-order valence-electron chi connectivity index (χ1n) is 5.68. The Balaban J connectivity index is 2.29. The number of nitrogens with zero attached hydrogens (tertiary/aromatic N) is 2. The number of ether oxygens (including phenoxy) is 1. The van der Waals surface area contributed by atoms with E-state index in [1.807, 2.05) is 19.2 Å². The minimum Gasteiger partial charge on any atom is -0.467 e. The van der Waals surface area contributed by atoms with E-state index in [9.17, 15) is 4.79 Å². The Bertz CT molecular complexity index is 583. The maximum atomic E-state index is 11.9. The molecule has 0 radical (unpaired) electrons. The Kier molecular flexibility index (Phi) is 4.06. The molecule has 0 spiro atoms. The molecule has 0 saturated carbocycles. The fourth-order valence-corrected chi connectivity index (χ4v) is 1.95. The second-order valence-corrected chi connectivity index (χ2v) is 4.48. The summed E-state index contributed by atoms with van der Waals surface area (Å²) in [5.41, 5.74) is 1.45. The van der Waals surface area contributed by atoms with Crippen LogP contribution in [-0.2, 0) is 16.6 Å². The van der Waals surface area contributed by atoms with Gasteiger partial charge in [-0.05, 0) is 18.2 Å². The molecule has 5 nitrogen and oxygen atoms in total. The molecule has 19 heavy (non-hydrogen) atoms. The monoisotopic (exact) mass is 279 g/mol. The quantitative estimate of drug-likeness (QED) is 0.873. The molecule has 0 fully saturated rings. The van der Waals surface area contributed by atoms with Gasteiger partial charge in [-0.25, -0.2) is 9.78 Å². The van der Waals surface area contributed by atoms with Gasteiger partial charge in [0.25, 0.3) is 0 Å². The van der Waals surface area contributed by atoms with Gasteiger partial charge in [-0.15, -0.1) is 0 Å². The van der Waals surface area contributed by atoms with Crippen molar-refractivity contribution in [1.29, 1.82) is 0 Å². The first kappa shape index (κ1) is 13.4. The molecule has 0 aliphatic heterocycles. The van der Waals surface area contributed by atoms with Crippen molar-refractivity contribution in [1.82, 2.24) is 9.55 Å². The number of nitrogens with one attached hydrogen (secondary N) is 1. The van der Waals surface area contributed by atoms with Crippen molar-refractivity contribution in [3.63, 3.8) is 0 Å². The summed E-state index contributed by atoms with van der Waals surface area (Å²) in [5.74, 6) is -0.386. The van der Waals surface area contributed by atoms with E-state index < -0.39 is 6.04 Å². The minimum atomic E-state index is -0.629. The van der Waals surface area contributed by atoms with E-state index >= 15 is 0 Å². The molecule has 1 aromatic carbocycles. The number of aromatic nitrogens is 2. The summed E-state index contributed by atoms with van der Waals surface area (Å²) in [6.07, 6.45) is 3.25. The molecular formula is C13H14ClN3O2. The Hall–Kier alpha value is -2.01. The Morgan fingerprint density at radius 3 is 2.89 bits per heavy atom. The topological polar surface area (TPSA) is 56.1 Å². The number of benzene rings is 1. The lowest BCUT2D eigenvalue weighted by atomic mass is 10.2. The van der Waals surface area contributed by atoms with E-state index in [1.165, 1.54) is 7.11 Å². The third-order valence-electron chi connectivity index (χ3n) is 2.72. The average Bonchev–Trinajstić information content (AvgIpc) is 2.81. The van der Waals surface area contributed by atoms with Crippen LogP contribution in [0.2, 0.25) is 5.02 Å². The second kappa shape index (κ2) is 5.75. The smallest absolute Gasteiger partial charge is 0.334 e. The van der Waals surface area contributed by atoms with Crippen LogP contribution in [0, 0.1) is 0 Å². The van der Waals surface area contributed by atoms with Gasteiger partial charge in [0.15, 0.2) is 6.04 Å². The van der Waals surface area contributed by atoms with Crippen LogP contribution in [0.5, 0.6) is 0 Å². The van der Waals surface area contributed by atoms with E-state index in [1.54, 1.807) is 29.2 Å². The van der Waals surface area contributed by atoms with E-state index in [4.69, 9.17) is 16.3 Å². The van der Waals surface area contributed by atoms with Crippen LogP contribution in [0.25, 0.3) is 0 Å². The van der Waals surface area contributed by atoms with Crippen molar-refractivity contribution in [2.75, 3.05) is 12.4 Å². The molecule has 0 aliphatic rings. The van der Waals surface area contributed by atoms with Crippen LogP contribution in [0.4, 0.5) is 5.69 Å². The molecule has 0 bridgehead atoms. The Morgan fingerprint density at radius 2 is 2.32 bits per heavy atom. The highest BCUT2D eigenvalue weighted by Gasteiger charge is 2.24. The highest BCUT2D eigenvalue weighted by Crippen LogP contribution is 2.22. The van der Waals surface area contributed by atoms with E-state index in [2.05, 4.69) is 10.3 Å². The molecule has 0 amide bonds. The molecule has 1 aromatic heterocycles. The van der Waals surface area contributed by atoms with Gasteiger partial charge in [-0.1, -0.05) is 17.7 Å². The summed E-state index contributed by atoms with van der Waals surface area (Å²) in [6, 6.07) is 6.52. The van der Waals surface area contributed by atoms with Gasteiger partial charge in [-0.3, -0.25) is 0 Å². The number of esters is 1. The van der Waals surface area contributed by atoms with Crippen LogP contribution in [0.1, 0.15) is 11.7 Å². The molecule has 0 aliphatic carbocycles. The van der Waals surface area contributed by atoms with Gasteiger partial charge in [0, 0.05) is 17.8 Å². The molecular weight excluding hydrogens is 266 g/mol. The lowest BCUT2D eigenvalue weighted by Gasteiger charge is -2.18. The Morgan fingerprint density at radius 1 is 1.53 bits per heavy atom. The van der Waals surface area contributed by atoms with Crippen molar-refractivity contribution in [2.24, 2.45) is 7.05 Å². The highest BCUT2D eigenvalue weighted by atomic mass is 35.5. The summed E-state index contributed by atoms with van der Waals surface area (Å²) in [5, 5.41) is 3.69. The van der Waals surface area contributed by atoms with Gasteiger partial charge in [0.1, 0.15) is 0 Å². The fourth-order valence-electron chi connectivity index (χ4n) is 1.76. The number of anilines is 1. The number of carbonyl (C=O) groups is 1. The molecule has 1 unspecified atom stereocenters. The van der Waals surface area contributed by atoms with E-state index in [0.717, 1.165) is 5.69 Å². The molecule has 1 heterocycles. The first-order valence-corrected chi connectivity index (χ1v) is 6.05. The summed E-state index contributed by atoms with van der Waals surface area (Å²) < 4.78 is 6.58. The molecule has 2 rings (SSSR count). The van der Waals surface area contributed by atoms with Crippen LogP contribution in [0.3, 0.4) is 0 Å². The molecule has 0 saturated heterocycles. The van der Waals surface area contributed by atoms with Crippen molar-refractivity contribution in [3.05, 3.63) is 47.5 Å². The van der Waals surface area contributed by atoms with Gasteiger partial charge in [-0.2, -0.15) is 0 Å². The highest BCUT2D eigenvalue weighted by molar-refractivity contribution is 6.30. The van der Waals surface area contributed by atoms with E-state index in [-0.39, 0.29) is 5.97 Å². The lowest BCUT2D eigenvalue weighted by Crippen LogP contribution is -2.24. The molecule has 100 valence electrons. The average molecular weight is 280 g/mol. The number of halogens is 1. The third-order valence-corrected chi connectivity index (χ3v) is 2.96. The van der Waals surface area contributed by atoms with Crippen molar-refractivity contribution >= 4 is 23.3 Å². The number of carbonyl (C=O) groups excluding carboxylic acids is 1. The summed E-state index contributed by atoms with van der Waals surface area (Å²) in [4.78, 5) is 15.9. The zero-order chi connectivity index (χ0) is 13.8. The van der Waals surface area contributed by atoms with Crippen LogP contribution in [-0.4, -0.2) is 22.6 Å². The number of hydrogen-bond acceptors (Lipinski definition) is 4. The zero-order valence-electron chi connectivity index (χ0n) is 10.6. The number of rotatable bonds is 4. The number of methoxy groups -OCH3 is 1. The largest absolute Gasteiger partial charge is 0.467 e. The van der Waals surface area contributed by atoms with Crippen LogP contribution < -0.4 is 5.32 Å². The first-order chi connectivity index (χ1) is 9.11. The van der Waals surface area contributed by atoms with Gasteiger partial charge in [0.2, 0.25) is 0 Å². The molecule has 1 N–H and O–H groups in total. The van der Waals surface area contributed by atoms with Crippen molar-refractivity contribution in [2.45, 2.75) is 6.04 Å². The molecule has 6 heteroatoms. The predicted octanol–water partition coefficient (Wildman–Crippen LogP) is 2.40. The van der Waals surface area contributed by atoms with E-state index in [0.29, 0.717) is 10.7 Å². The van der Waals surface area contributed by atoms with Gasteiger partial charge in [0.05, 0.1) is 25.3 Å². The third kappa shape index (κ3) is 3.06. The summed E-state index contributed by atoms with van der Waals surface area (Å²) in [7, 11) is 3.17. The maximum Gasteiger partial charge on any atom is 0.334 e. The zero-order valence-corrected chi connectivity index (χ0v) is 11.4. The standard InChI is InChI=1S/C13H14ClN3O2/c1-17-8-15-7-11(17)12(13(18)19-2)16-10-5-3-4-9(14)6-10/h3-8,12,16H,1-2H3. The molecule has 1 atom stereocenters. The number of aryl methyl sites for hydroxylation is 1. The normalized spacial score (nSPS) is 11.9. The summed E-state index contributed by atoms with van der Waals surface area (Å²) >= 11 is 5.92. The SMILES string of the molecule is COC(=O)C(Nc1cccc(Cl)c1)c1cncn1C. The van der Waals surface area contributed by atoms with Crippen LogP contribution >= 0.6 is 11.6 Å². The van der Waals surface area contributed by atoms with Crippen molar-refractivity contribution < 1.29 is 9.53 Å². The number of imidazole rings is 1. The van der Waals surface area contributed by atoms with Crippen LogP contribution in [0.15, 0.2) is 36.8 Å². The predicted molar refractivity (Wildman–Crippen MR) is 73.0 cm³/mol. The minimum absolute atomic E-state index is 0.386. The van der Waals surface area contributed by atoms with Gasteiger partial charge >= 0.3 is 5.97 Å². The van der Waals surface area contributed by atoms with Crippen molar-refractivity contribution in [3.8, 4) is 0 Å². The second-order valence-electron chi connectivity index (χ2n) is 4.04.